The normalized spacial score (nSPS) is 11.6. The molecule has 0 saturated carbocycles. The molecular formula is C11H16ClNO. The van der Waals surface area contributed by atoms with Crippen LogP contribution in [-0.4, -0.2) is 5.11 Å². The average Bonchev–Trinajstić information content (AvgIpc) is 2.10. The van der Waals surface area contributed by atoms with Crippen molar-refractivity contribution in [2.24, 2.45) is 5.73 Å². The van der Waals surface area contributed by atoms with Crippen LogP contribution in [0, 0.1) is 6.92 Å². The van der Waals surface area contributed by atoms with E-state index in [0.717, 1.165) is 17.5 Å². The Labute approximate surface area is 90.9 Å². The number of halogens is 1. The lowest BCUT2D eigenvalue weighted by atomic mass is 10.0. The lowest BCUT2D eigenvalue weighted by Gasteiger charge is -2.10. The largest absolute Gasteiger partial charge is 0.508 e. The van der Waals surface area contributed by atoms with Crippen LogP contribution < -0.4 is 5.73 Å². The van der Waals surface area contributed by atoms with E-state index < -0.39 is 0 Å². The van der Waals surface area contributed by atoms with E-state index in [1.807, 2.05) is 19.1 Å². The first-order chi connectivity index (χ1) is 6.15. The summed E-state index contributed by atoms with van der Waals surface area (Å²) in [5, 5.41) is 9.29. The van der Waals surface area contributed by atoms with Gasteiger partial charge in [0, 0.05) is 6.04 Å². The molecule has 2 nitrogen and oxygen atoms in total. The molecule has 0 unspecified atom stereocenters. The van der Waals surface area contributed by atoms with Gasteiger partial charge in [-0.25, -0.2) is 0 Å². The molecular weight excluding hydrogens is 198 g/mol. The van der Waals surface area contributed by atoms with E-state index in [1.165, 1.54) is 0 Å². The van der Waals surface area contributed by atoms with Crippen LogP contribution in [0.2, 0.25) is 0 Å². The first-order valence-corrected chi connectivity index (χ1v) is 4.31. The molecule has 1 aromatic rings. The van der Waals surface area contributed by atoms with Crippen LogP contribution in [-0.2, 0) is 0 Å². The third-order valence-corrected chi connectivity index (χ3v) is 2.07. The maximum Gasteiger partial charge on any atom is 0.118 e. The summed E-state index contributed by atoms with van der Waals surface area (Å²) in [6.45, 7) is 5.50. The predicted molar refractivity (Wildman–Crippen MR) is 61.8 cm³/mol. The highest BCUT2D eigenvalue weighted by molar-refractivity contribution is 5.85. The van der Waals surface area contributed by atoms with Gasteiger partial charge in [-0.05, 0) is 30.5 Å². The van der Waals surface area contributed by atoms with Crippen LogP contribution in [0.15, 0.2) is 30.9 Å². The molecule has 1 aromatic carbocycles. The standard InChI is InChI=1S/C11H15NO.ClH/c1-3-4-10(12)9-5-6-11(13)8(2)7-9;/h3,5-7,10,13H,1,4,12H2,2H3;1H/t10-;/m1./s1. The molecule has 0 aromatic heterocycles. The van der Waals surface area contributed by atoms with E-state index in [-0.39, 0.29) is 18.4 Å². The zero-order valence-electron chi connectivity index (χ0n) is 8.23. The minimum Gasteiger partial charge on any atom is -0.508 e. The molecule has 1 atom stereocenters. The zero-order valence-corrected chi connectivity index (χ0v) is 9.05. The summed E-state index contributed by atoms with van der Waals surface area (Å²) in [5.74, 6) is 0.314. The van der Waals surface area contributed by atoms with Gasteiger partial charge in [-0.3, -0.25) is 0 Å². The van der Waals surface area contributed by atoms with Crippen LogP contribution in [0.1, 0.15) is 23.6 Å². The Balaban J connectivity index is 0.00000169. The van der Waals surface area contributed by atoms with Crippen molar-refractivity contribution < 1.29 is 5.11 Å². The van der Waals surface area contributed by atoms with Crippen LogP contribution in [0.25, 0.3) is 0 Å². The maximum absolute atomic E-state index is 9.29. The minimum atomic E-state index is -0.0169. The second-order valence-electron chi connectivity index (χ2n) is 3.18. The van der Waals surface area contributed by atoms with Gasteiger partial charge in [0.25, 0.3) is 0 Å². The molecule has 1 rings (SSSR count). The first-order valence-electron chi connectivity index (χ1n) is 4.31. The average molecular weight is 214 g/mol. The van der Waals surface area contributed by atoms with Crippen molar-refractivity contribution in [1.29, 1.82) is 0 Å². The third kappa shape index (κ3) is 3.05. The molecule has 0 bridgehead atoms. The van der Waals surface area contributed by atoms with Crippen LogP contribution in [0.4, 0.5) is 0 Å². The summed E-state index contributed by atoms with van der Waals surface area (Å²) in [6, 6.07) is 5.41. The maximum atomic E-state index is 9.29. The van der Waals surface area contributed by atoms with Crippen molar-refractivity contribution in [3.05, 3.63) is 42.0 Å². The lowest BCUT2D eigenvalue weighted by molar-refractivity contribution is 0.470. The zero-order chi connectivity index (χ0) is 9.84. The smallest absolute Gasteiger partial charge is 0.118 e. The number of nitrogens with two attached hydrogens (primary N) is 1. The van der Waals surface area contributed by atoms with E-state index in [0.29, 0.717) is 5.75 Å². The van der Waals surface area contributed by atoms with Crippen molar-refractivity contribution in [2.45, 2.75) is 19.4 Å². The van der Waals surface area contributed by atoms with E-state index in [2.05, 4.69) is 6.58 Å². The van der Waals surface area contributed by atoms with Crippen molar-refractivity contribution in [3.8, 4) is 5.75 Å². The first kappa shape index (κ1) is 13.0. The molecule has 3 N–H and O–H groups in total. The highest BCUT2D eigenvalue weighted by Gasteiger charge is 2.05. The van der Waals surface area contributed by atoms with Gasteiger partial charge >= 0.3 is 0 Å². The Morgan fingerprint density at radius 2 is 2.21 bits per heavy atom. The quantitative estimate of drug-likeness (QED) is 0.759. The number of rotatable bonds is 3. The van der Waals surface area contributed by atoms with Crippen molar-refractivity contribution in [1.82, 2.24) is 0 Å². The molecule has 0 heterocycles. The van der Waals surface area contributed by atoms with Crippen LogP contribution >= 0.6 is 12.4 Å². The second-order valence-corrected chi connectivity index (χ2v) is 3.18. The van der Waals surface area contributed by atoms with Gasteiger partial charge in [0.1, 0.15) is 5.75 Å². The highest BCUT2D eigenvalue weighted by Crippen LogP contribution is 2.21. The number of hydrogen-bond acceptors (Lipinski definition) is 2. The SMILES string of the molecule is C=CC[C@@H](N)c1ccc(O)c(C)c1.Cl. The van der Waals surface area contributed by atoms with Crippen LogP contribution in [0.5, 0.6) is 5.75 Å². The number of phenolic OH excluding ortho intramolecular Hbond substituents is 1. The fourth-order valence-corrected chi connectivity index (χ4v) is 1.22. The van der Waals surface area contributed by atoms with Gasteiger partial charge in [-0.2, -0.15) is 0 Å². The molecule has 3 heteroatoms. The number of benzene rings is 1. The Kier molecular flexibility index (Phi) is 5.28. The van der Waals surface area contributed by atoms with Gasteiger partial charge in [0.15, 0.2) is 0 Å². The summed E-state index contributed by atoms with van der Waals surface area (Å²) in [5.41, 5.74) is 7.77. The summed E-state index contributed by atoms with van der Waals surface area (Å²) in [7, 11) is 0. The number of hydrogen-bond donors (Lipinski definition) is 2. The fourth-order valence-electron chi connectivity index (χ4n) is 1.22. The van der Waals surface area contributed by atoms with Crippen LogP contribution in [0.3, 0.4) is 0 Å². The van der Waals surface area contributed by atoms with Gasteiger partial charge in [-0.15, -0.1) is 19.0 Å². The topological polar surface area (TPSA) is 46.2 Å². The Hall–Kier alpha value is -0.990. The van der Waals surface area contributed by atoms with Gasteiger partial charge in [0.05, 0.1) is 0 Å². The monoisotopic (exact) mass is 213 g/mol. The number of aromatic hydroxyl groups is 1. The van der Waals surface area contributed by atoms with Crippen molar-refractivity contribution in [3.63, 3.8) is 0 Å². The molecule has 0 saturated heterocycles. The summed E-state index contributed by atoms with van der Waals surface area (Å²) >= 11 is 0. The number of aryl methyl sites for hydroxylation is 1. The Morgan fingerprint density at radius 3 is 2.71 bits per heavy atom. The van der Waals surface area contributed by atoms with Gasteiger partial charge < -0.3 is 10.8 Å². The molecule has 0 aliphatic rings. The third-order valence-electron chi connectivity index (χ3n) is 2.07. The Morgan fingerprint density at radius 1 is 1.57 bits per heavy atom. The number of phenols is 1. The predicted octanol–water partition coefficient (Wildman–Crippen LogP) is 2.70. The van der Waals surface area contributed by atoms with Gasteiger partial charge in [0.2, 0.25) is 0 Å². The molecule has 0 amide bonds. The molecule has 0 aliphatic carbocycles. The van der Waals surface area contributed by atoms with E-state index in [9.17, 15) is 5.11 Å². The van der Waals surface area contributed by atoms with E-state index in [4.69, 9.17) is 5.73 Å². The molecule has 0 aliphatic heterocycles. The van der Waals surface area contributed by atoms with Gasteiger partial charge in [-0.1, -0.05) is 18.2 Å². The molecule has 0 radical (unpaired) electrons. The molecule has 14 heavy (non-hydrogen) atoms. The fraction of sp³-hybridized carbons (Fsp3) is 0.273. The van der Waals surface area contributed by atoms with Crippen molar-refractivity contribution >= 4 is 12.4 Å². The summed E-state index contributed by atoms with van der Waals surface area (Å²) < 4.78 is 0. The summed E-state index contributed by atoms with van der Waals surface area (Å²) in [6.07, 6.45) is 2.55. The minimum absolute atomic E-state index is 0. The van der Waals surface area contributed by atoms with E-state index in [1.54, 1.807) is 12.1 Å². The summed E-state index contributed by atoms with van der Waals surface area (Å²) in [4.78, 5) is 0. The highest BCUT2D eigenvalue weighted by atomic mass is 35.5. The van der Waals surface area contributed by atoms with Crippen molar-refractivity contribution in [2.75, 3.05) is 0 Å². The molecule has 0 spiro atoms. The van der Waals surface area contributed by atoms with E-state index >= 15 is 0 Å². The Bertz CT molecular complexity index is 312. The molecule has 78 valence electrons. The lowest BCUT2D eigenvalue weighted by Crippen LogP contribution is -2.08. The second kappa shape index (κ2) is 5.68. The molecule has 0 fully saturated rings.